The second-order valence-electron chi connectivity index (χ2n) is 3.88. The van der Waals surface area contributed by atoms with E-state index < -0.39 is 0 Å². The van der Waals surface area contributed by atoms with Crippen LogP contribution in [0.2, 0.25) is 0 Å². The van der Waals surface area contributed by atoms with Crippen LogP contribution in [0.1, 0.15) is 12.8 Å². The van der Waals surface area contributed by atoms with Crippen LogP contribution in [0.3, 0.4) is 0 Å². The van der Waals surface area contributed by atoms with Gasteiger partial charge in [-0.3, -0.25) is 0 Å². The van der Waals surface area contributed by atoms with Crippen LogP contribution in [0, 0.1) is 5.92 Å². The predicted molar refractivity (Wildman–Crippen MR) is 54.8 cm³/mol. The van der Waals surface area contributed by atoms with Crippen molar-refractivity contribution in [3.05, 3.63) is 12.3 Å². The number of nitrogens with one attached hydrogen (secondary N) is 2. The highest BCUT2D eigenvalue weighted by atomic mass is 16.2. The number of allylic oxidation sites excluding steroid dienone is 1. The molecule has 0 bridgehead atoms. The first-order valence-corrected chi connectivity index (χ1v) is 5.29. The van der Waals surface area contributed by atoms with Crippen molar-refractivity contribution in [1.82, 2.24) is 15.5 Å². The van der Waals surface area contributed by atoms with E-state index in [1.807, 2.05) is 4.90 Å². The largest absolute Gasteiger partial charge is 0.322 e. The van der Waals surface area contributed by atoms with Crippen LogP contribution < -0.4 is 10.6 Å². The van der Waals surface area contributed by atoms with E-state index in [-0.39, 0.29) is 6.03 Å². The van der Waals surface area contributed by atoms with Crippen molar-refractivity contribution in [2.24, 2.45) is 5.92 Å². The Labute approximate surface area is 84.3 Å². The van der Waals surface area contributed by atoms with E-state index in [1.54, 1.807) is 6.20 Å². The van der Waals surface area contributed by atoms with Gasteiger partial charge in [-0.1, -0.05) is 6.08 Å². The van der Waals surface area contributed by atoms with Crippen molar-refractivity contribution < 1.29 is 4.79 Å². The van der Waals surface area contributed by atoms with Gasteiger partial charge < -0.3 is 15.5 Å². The normalized spacial score (nSPS) is 22.7. The van der Waals surface area contributed by atoms with Crippen LogP contribution >= 0.6 is 0 Å². The molecule has 0 aromatic heterocycles. The Kier molecular flexibility index (Phi) is 3.03. The molecule has 1 aliphatic heterocycles. The highest BCUT2D eigenvalue weighted by Crippen LogP contribution is 2.29. The standard InChI is InChI=1S/C10H17N3O/c14-10(12-4-3-9-1-2-9)13-7-5-11-6-8-13/h3-4,9,11H,1-2,5-8H2,(H,12,14)/b4-3+. The Morgan fingerprint density at radius 1 is 1.36 bits per heavy atom. The van der Waals surface area contributed by atoms with E-state index in [4.69, 9.17) is 0 Å². The number of hydrogen-bond acceptors (Lipinski definition) is 2. The van der Waals surface area contributed by atoms with Crippen LogP contribution in [0.25, 0.3) is 0 Å². The molecule has 1 saturated heterocycles. The predicted octanol–water partition coefficient (Wildman–Crippen LogP) is 0.525. The van der Waals surface area contributed by atoms with Gasteiger partial charge in [-0.2, -0.15) is 0 Å². The molecule has 0 atom stereocenters. The molecule has 1 aliphatic carbocycles. The van der Waals surface area contributed by atoms with Gasteiger partial charge in [0.25, 0.3) is 0 Å². The van der Waals surface area contributed by atoms with Gasteiger partial charge >= 0.3 is 6.03 Å². The maximum atomic E-state index is 11.5. The molecule has 0 spiro atoms. The monoisotopic (exact) mass is 195 g/mol. The van der Waals surface area contributed by atoms with Gasteiger partial charge in [-0.05, 0) is 18.8 Å². The summed E-state index contributed by atoms with van der Waals surface area (Å²) in [6.45, 7) is 3.42. The van der Waals surface area contributed by atoms with Crippen molar-refractivity contribution in [2.75, 3.05) is 26.2 Å². The van der Waals surface area contributed by atoms with E-state index in [2.05, 4.69) is 16.7 Å². The quantitative estimate of drug-likeness (QED) is 0.675. The summed E-state index contributed by atoms with van der Waals surface area (Å²) in [6.07, 6.45) is 6.43. The van der Waals surface area contributed by atoms with Gasteiger partial charge in [0, 0.05) is 32.4 Å². The molecule has 2 rings (SSSR count). The van der Waals surface area contributed by atoms with Crippen LogP contribution in [0.4, 0.5) is 4.79 Å². The van der Waals surface area contributed by atoms with Crippen LogP contribution in [0.5, 0.6) is 0 Å². The number of amides is 2. The van der Waals surface area contributed by atoms with Gasteiger partial charge in [-0.15, -0.1) is 0 Å². The Hall–Kier alpha value is -1.03. The summed E-state index contributed by atoms with van der Waals surface area (Å²) in [5, 5.41) is 6.02. The summed E-state index contributed by atoms with van der Waals surface area (Å²) >= 11 is 0. The molecule has 0 radical (unpaired) electrons. The molecule has 2 amide bonds. The highest BCUT2D eigenvalue weighted by molar-refractivity contribution is 5.75. The van der Waals surface area contributed by atoms with Crippen molar-refractivity contribution >= 4 is 6.03 Å². The van der Waals surface area contributed by atoms with Crippen LogP contribution in [0.15, 0.2) is 12.3 Å². The maximum Gasteiger partial charge on any atom is 0.321 e. The van der Waals surface area contributed by atoms with Crippen molar-refractivity contribution in [3.8, 4) is 0 Å². The van der Waals surface area contributed by atoms with Crippen LogP contribution in [-0.4, -0.2) is 37.1 Å². The molecule has 4 nitrogen and oxygen atoms in total. The first-order valence-electron chi connectivity index (χ1n) is 5.29. The van der Waals surface area contributed by atoms with Crippen molar-refractivity contribution in [1.29, 1.82) is 0 Å². The summed E-state index contributed by atoms with van der Waals surface area (Å²) < 4.78 is 0. The Balaban J connectivity index is 1.70. The number of carbonyl (C=O) groups is 1. The molecular weight excluding hydrogens is 178 g/mol. The van der Waals surface area contributed by atoms with Gasteiger partial charge in [0.05, 0.1) is 0 Å². The van der Waals surface area contributed by atoms with E-state index in [1.165, 1.54) is 12.8 Å². The van der Waals surface area contributed by atoms with Gasteiger partial charge in [-0.25, -0.2) is 4.79 Å². The molecule has 14 heavy (non-hydrogen) atoms. The third kappa shape index (κ3) is 2.73. The third-order valence-corrected chi connectivity index (χ3v) is 2.60. The van der Waals surface area contributed by atoms with Crippen molar-refractivity contribution in [3.63, 3.8) is 0 Å². The number of piperazine rings is 1. The van der Waals surface area contributed by atoms with Crippen LogP contribution in [-0.2, 0) is 0 Å². The van der Waals surface area contributed by atoms with Crippen molar-refractivity contribution in [2.45, 2.75) is 12.8 Å². The number of hydrogen-bond donors (Lipinski definition) is 2. The molecule has 1 saturated carbocycles. The van der Waals surface area contributed by atoms with Gasteiger partial charge in [0.15, 0.2) is 0 Å². The van der Waals surface area contributed by atoms with E-state index in [9.17, 15) is 4.79 Å². The average molecular weight is 195 g/mol. The molecule has 0 aromatic carbocycles. The summed E-state index contributed by atoms with van der Waals surface area (Å²) in [6, 6.07) is 0.0309. The summed E-state index contributed by atoms with van der Waals surface area (Å²) in [7, 11) is 0. The molecular formula is C10H17N3O. The van der Waals surface area contributed by atoms with E-state index in [0.29, 0.717) is 0 Å². The van der Waals surface area contributed by atoms with Gasteiger partial charge in [0.2, 0.25) is 0 Å². The minimum Gasteiger partial charge on any atom is -0.322 e. The number of carbonyl (C=O) groups excluding carboxylic acids is 1. The zero-order valence-electron chi connectivity index (χ0n) is 8.33. The maximum absolute atomic E-state index is 11.5. The lowest BCUT2D eigenvalue weighted by Gasteiger charge is -2.26. The molecule has 0 aromatic rings. The Morgan fingerprint density at radius 3 is 2.71 bits per heavy atom. The molecule has 0 unspecified atom stereocenters. The zero-order valence-corrected chi connectivity index (χ0v) is 8.33. The fourth-order valence-corrected chi connectivity index (χ4v) is 1.50. The van der Waals surface area contributed by atoms with E-state index in [0.717, 1.165) is 32.1 Å². The second-order valence-corrected chi connectivity index (χ2v) is 3.88. The number of rotatable bonds is 2. The Bertz CT molecular complexity index is 230. The summed E-state index contributed by atoms with van der Waals surface area (Å²) in [5.74, 6) is 0.721. The Morgan fingerprint density at radius 2 is 2.07 bits per heavy atom. The third-order valence-electron chi connectivity index (χ3n) is 2.60. The second kappa shape index (κ2) is 4.46. The summed E-state index contributed by atoms with van der Waals surface area (Å²) in [5.41, 5.74) is 0. The van der Waals surface area contributed by atoms with Gasteiger partial charge in [0.1, 0.15) is 0 Å². The molecule has 2 fully saturated rings. The zero-order chi connectivity index (χ0) is 9.80. The fraction of sp³-hybridized carbons (Fsp3) is 0.700. The first-order chi connectivity index (χ1) is 6.86. The lowest BCUT2D eigenvalue weighted by atomic mass is 10.4. The SMILES string of the molecule is O=C(N/C=C/C1CC1)N1CCNCC1. The average Bonchev–Trinajstić information content (AvgIpc) is 3.03. The number of nitrogens with zero attached hydrogens (tertiary/aromatic N) is 1. The molecule has 78 valence electrons. The smallest absolute Gasteiger partial charge is 0.321 e. The van der Waals surface area contributed by atoms with E-state index >= 15 is 0 Å². The lowest BCUT2D eigenvalue weighted by Crippen LogP contribution is -2.49. The fourth-order valence-electron chi connectivity index (χ4n) is 1.50. The molecule has 1 heterocycles. The highest BCUT2D eigenvalue weighted by Gasteiger charge is 2.18. The molecule has 2 aliphatic rings. The number of urea groups is 1. The first kappa shape index (κ1) is 9.52. The molecule has 2 N–H and O–H groups in total. The summed E-state index contributed by atoms with van der Waals surface area (Å²) in [4.78, 5) is 13.4. The lowest BCUT2D eigenvalue weighted by molar-refractivity contribution is 0.194. The minimum absolute atomic E-state index is 0.0309. The molecule has 4 heteroatoms. The topological polar surface area (TPSA) is 44.4 Å². The minimum atomic E-state index is 0.0309.